The molecule has 0 aliphatic heterocycles. The number of benzene rings is 4. The van der Waals surface area contributed by atoms with Gasteiger partial charge < -0.3 is 34.6 Å². The maximum atomic E-state index is 14.4. The first-order chi connectivity index (χ1) is 42.4. The van der Waals surface area contributed by atoms with Crippen LogP contribution in [0.3, 0.4) is 0 Å². The first-order valence-corrected chi connectivity index (χ1v) is 34.6. The molecule has 1 aliphatic carbocycles. The minimum atomic E-state index is -0.206. The number of fused-ring (bicyclic) bond motifs is 9. The molecule has 11 heteroatoms. The lowest BCUT2D eigenvalue weighted by molar-refractivity contribution is -0.116. The predicted molar refractivity (Wildman–Crippen MR) is 358 cm³/mol. The van der Waals surface area contributed by atoms with Crippen molar-refractivity contribution in [1.29, 1.82) is 0 Å². The van der Waals surface area contributed by atoms with Crippen molar-refractivity contribution < 1.29 is 23.7 Å². The van der Waals surface area contributed by atoms with Gasteiger partial charge >= 0.3 is 0 Å². The molecule has 0 radical (unpaired) electrons. The van der Waals surface area contributed by atoms with Crippen molar-refractivity contribution in [2.24, 2.45) is 0 Å². The van der Waals surface area contributed by atoms with E-state index >= 15 is 0 Å². The molecular formula is C75H110N6O5. The SMILES string of the molecule is CCCCCCCCCCOc1c2cccc1Cc1cccc(c1OCCCCCCCCCC)Cc1cc(NC(=O)Cn3cnc4c(N)ncnc43)cc(c1OCCCCCCCCCC)Cc1cccc(c1OCCCCCCCCCC)C2. The first-order valence-electron chi connectivity index (χ1n) is 34.6. The van der Waals surface area contributed by atoms with Crippen LogP contribution in [0.4, 0.5) is 11.5 Å². The van der Waals surface area contributed by atoms with Crippen LogP contribution in [-0.2, 0) is 37.0 Å². The van der Waals surface area contributed by atoms with Crippen molar-refractivity contribution in [3.63, 3.8) is 0 Å². The Bertz CT molecular complexity index is 2760. The third-order valence-electron chi connectivity index (χ3n) is 17.3. The number of hydrogen-bond donors (Lipinski definition) is 2. The summed E-state index contributed by atoms with van der Waals surface area (Å²) >= 11 is 0. The van der Waals surface area contributed by atoms with Crippen LogP contribution in [0.5, 0.6) is 23.0 Å². The van der Waals surface area contributed by atoms with E-state index < -0.39 is 0 Å². The second-order valence-electron chi connectivity index (χ2n) is 24.7. The van der Waals surface area contributed by atoms with Crippen LogP contribution >= 0.6 is 0 Å². The second kappa shape index (κ2) is 39.6. The van der Waals surface area contributed by atoms with Crippen LogP contribution in [0.2, 0.25) is 0 Å². The normalized spacial score (nSPS) is 12.2. The highest BCUT2D eigenvalue weighted by Gasteiger charge is 2.24. The number of nitrogens with zero attached hydrogens (tertiary/aromatic N) is 4. The van der Waals surface area contributed by atoms with Gasteiger partial charge in [-0.15, -0.1) is 0 Å². The Balaban J connectivity index is 1.29. The summed E-state index contributed by atoms with van der Waals surface area (Å²) in [5.41, 5.74) is 16.7. The largest absolute Gasteiger partial charge is 0.493 e. The maximum absolute atomic E-state index is 14.4. The number of carbonyl (C=O) groups excluding carboxylic acids is 1. The van der Waals surface area contributed by atoms with Crippen LogP contribution < -0.4 is 30.0 Å². The Morgan fingerprint density at radius 3 is 1.06 bits per heavy atom. The Morgan fingerprint density at radius 1 is 0.419 bits per heavy atom. The Hall–Kier alpha value is -6.10. The molecule has 0 saturated carbocycles. The van der Waals surface area contributed by atoms with Crippen molar-refractivity contribution in [1.82, 2.24) is 19.5 Å². The van der Waals surface area contributed by atoms with Crippen LogP contribution in [0.1, 0.15) is 278 Å². The van der Waals surface area contributed by atoms with Gasteiger partial charge in [0, 0.05) is 42.5 Å². The van der Waals surface area contributed by atoms with E-state index in [0.29, 0.717) is 69.0 Å². The maximum Gasteiger partial charge on any atom is 0.244 e. The number of anilines is 2. The van der Waals surface area contributed by atoms with E-state index in [0.717, 1.165) is 101 Å². The van der Waals surface area contributed by atoms with E-state index in [1.54, 1.807) is 10.9 Å². The lowest BCUT2D eigenvalue weighted by Gasteiger charge is -2.23. The van der Waals surface area contributed by atoms with Gasteiger partial charge in [-0.3, -0.25) is 4.79 Å². The van der Waals surface area contributed by atoms with Crippen LogP contribution in [0, 0.1) is 0 Å². The van der Waals surface area contributed by atoms with Crippen LogP contribution in [0.25, 0.3) is 11.2 Å². The second-order valence-corrected chi connectivity index (χ2v) is 24.7. The van der Waals surface area contributed by atoms with Gasteiger partial charge in [-0.05, 0) is 71.2 Å². The number of amides is 1. The molecule has 0 saturated heterocycles. The van der Waals surface area contributed by atoms with Crippen molar-refractivity contribution in [2.75, 3.05) is 37.5 Å². The summed E-state index contributed by atoms with van der Waals surface area (Å²) in [7, 11) is 0. The standard InChI is InChI=1S/C75H110N6O5/c1-5-9-13-17-21-25-29-33-46-83-70-59-40-37-41-60(70)51-62-43-39-45-64(72(62)85-48-35-31-27-23-19-15-11-7-3)53-66-55-67(80-68(82)56-81-58-79-69-74(76)77-57-78-75(69)81)54-65(73(66)86-49-36-32-28-24-20-16-12-8-4)52-63-44-38-42-61(50-59)71(63)84-47-34-30-26-22-18-14-10-6-2/h37-45,54-55,57-58H,5-36,46-53,56H2,1-4H3,(H,80,82)(H2,76,77,78). The summed E-state index contributed by atoms with van der Waals surface area (Å²) in [6.07, 6.45) is 44.8. The number of nitrogens with two attached hydrogens (primary N) is 1. The first kappa shape index (κ1) is 67.4. The van der Waals surface area contributed by atoms with E-state index in [9.17, 15) is 4.79 Å². The minimum Gasteiger partial charge on any atom is -0.493 e. The number of rotatable bonds is 43. The van der Waals surface area contributed by atoms with Gasteiger partial charge in [0.25, 0.3) is 0 Å². The molecule has 8 bridgehead atoms. The summed E-state index contributed by atoms with van der Waals surface area (Å²) in [5.74, 6) is 3.80. The number of aromatic nitrogens is 4. The molecule has 2 aromatic heterocycles. The number of nitrogen functional groups attached to an aromatic ring is 1. The minimum absolute atomic E-state index is 0.00314. The Kier molecular flexibility index (Phi) is 31.1. The van der Waals surface area contributed by atoms with Gasteiger partial charge in [-0.2, -0.15) is 0 Å². The fourth-order valence-electron chi connectivity index (χ4n) is 12.4. The number of unbranched alkanes of at least 4 members (excludes halogenated alkanes) is 28. The zero-order valence-electron chi connectivity index (χ0n) is 53.9. The molecule has 0 spiro atoms. The molecular weight excluding hydrogens is 1060 g/mol. The molecule has 4 aromatic carbocycles. The van der Waals surface area contributed by atoms with Crippen molar-refractivity contribution in [2.45, 2.75) is 265 Å². The summed E-state index contributed by atoms with van der Waals surface area (Å²) in [6.45, 7) is 11.7. The average Bonchev–Trinajstić information content (AvgIpc) is 2.11. The Labute approximate surface area is 519 Å². The molecule has 6 aromatic rings. The van der Waals surface area contributed by atoms with E-state index in [2.05, 4.69) is 115 Å². The van der Waals surface area contributed by atoms with Gasteiger partial charge in [-0.25, -0.2) is 15.0 Å². The van der Waals surface area contributed by atoms with Gasteiger partial charge in [-0.1, -0.05) is 262 Å². The number of hydrogen-bond acceptors (Lipinski definition) is 9. The highest BCUT2D eigenvalue weighted by Crippen LogP contribution is 2.41. The molecule has 11 nitrogen and oxygen atoms in total. The van der Waals surface area contributed by atoms with E-state index in [-0.39, 0.29) is 18.3 Å². The molecule has 3 N–H and O–H groups in total. The van der Waals surface area contributed by atoms with Gasteiger partial charge in [0.1, 0.15) is 41.4 Å². The quantitative estimate of drug-likeness (QED) is 0.0358. The fourth-order valence-corrected chi connectivity index (χ4v) is 12.4. The molecule has 0 atom stereocenters. The van der Waals surface area contributed by atoms with Crippen molar-refractivity contribution in [3.05, 3.63) is 124 Å². The smallest absolute Gasteiger partial charge is 0.244 e. The highest BCUT2D eigenvalue weighted by molar-refractivity contribution is 5.92. The Morgan fingerprint density at radius 2 is 0.721 bits per heavy atom. The molecule has 86 heavy (non-hydrogen) atoms. The number of nitrogens with one attached hydrogen (secondary N) is 1. The van der Waals surface area contributed by atoms with Gasteiger partial charge in [0.2, 0.25) is 5.91 Å². The van der Waals surface area contributed by atoms with Crippen molar-refractivity contribution in [3.8, 4) is 23.0 Å². The highest BCUT2D eigenvalue weighted by atomic mass is 16.5. The van der Waals surface area contributed by atoms with Crippen LogP contribution in [-0.4, -0.2) is 51.9 Å². The summed E-state index contributed by atoms with van der Waals surface area (Å²) in [4.78, 5) is 27.4. The molecule has 1 aliphatic rings. The summed E-state index contributed by atoms with van der Waals surface area (Å²) < 4.78 is 30.3. The monoisotopic (exact) mass is 1170 g/mol. The lowest BCUT2D eigenvalue weighted by Crippen LogP contribution is -2.19. The van der Waals surface area contributed by atoms with Crippen LogP contribution in [0.15, 0.2) is 79.4 Å². The number of imidazole rings is 1. The summed E-state index contributed by atoms with van der Waals surface area (Å²) in [5, 5.41) is 3.33. The molecule has 1 amide bonds. The molecule has 7 rings (SSSR count). The zero-order valence-corrected chi connectivity index (χ0v) is 53.9. The molecule has 0 unspecified atom stereocenters. The number of ether oxygens (including phenoxy) is 4. The lowest BCUT2D eigenvalue weighted by atomic mass is 9.91. The number of para-hydroxylation sites is 3. The third-order valence-corrected chi connectivity index (χ3v) is 17.3. The topological polar surface area (TPSA) is 136 Å². The van der Waals surface area contributed by atoms with Crippen molar-refractivity contribution >= 4 is 28.6 Å². The van der Waals surface area contributed by atoms with Gasteiger partial charge in [0.05, 0.1) is 32.8 Å². The molecule has 470 valence electrons. The molecule has 0 fully saturated rings. The van der Waals surface area contributed by atoms with Gasteiger partial charge in [0.15, 0.2) is 11.5 Å². The van der Waals surface area contributed by atoms with E-state index in [1.807, 2.05) is 0 Å². The predicted octanol–water partition coefficient (Wildman–Crippen LogP) is 19.8. The van der Waals surface area contributed by atoms with E-state index in [4.69, 9.17) is 24.7 Å². The average molecular weight is 1180 g/mol. The fraction of sp³-hybridized carbons (Fsp3) is 0.600. The zero-order chi connectivity index (χ0) is 60.2. The summed E-state index contributed by atoms with van der Waals surface area (Å²) in [6, 6.07) is 24.4. The molecule has 2 heterocycles. The number of carbonyl (C=O) groups is 1. The third kappa shape index (κ3) is 22.6. The van der Waals surface area contributed by atoms with E-state index in [1.165, 1.54) is 178 Å².